The predicted molar refractivity (Wildman–Crippen MR) is 286 cm³/mol. The molecule has 85 heavy (non-hydrogen) atoms. The van der Waals surface area contributed by atoms with Crippen LogP contribution in [0.4, 0.5) is 0 Å². The minimum absolute atomic E-state index is 0.105. The summed E-state index contributed by atoms with van der Waals surface area (Å²) >= 11 is 0. The van der Waals surface area contributed by atoms with E-state index in [0.29, 0.717) is 38.5 Å². The largest absolute Gasteiger partial charge is 0.394 e. The number of fused-ring (bicyclic) bond motifs is 7. The molecule has 27 heteroatoms. The highest BCUT2D eigenvalue weighted by Crippen LogP contribution is 2.72. The summed E-state index contributed by atoms with van der Waals surface area (Å²) < 4.78 is 73.3. The Labute approximate surface area is 494 Å². The first-order chi connectivity index (χ1) is 40.1. The van der Waals surface area contributed by atoms with Crippen LogP contribution >= 0.6 is 0 Å². The van der Waals surface area contributed by atoms with Gasteiger partial charge in [-0.1, -0.05) is 39.3 Å². The van der Waals surface area contributed by atoms with Gasteiger partial charge in [-0.3, -0.25) is 0 Å². The fourth-order valence-electron chi connectivity index (χ4n) is 16.6. The highest BCUT2D eigenvalue weighted by Gasteiger charge is 2.76. The first kappa shape index (κ1) is 66.6. The Balaban J connectivity index is 0.801. The zero-order chi connectivity index (χ0) is 61.7. The lowest BCUT2D eigenvalue weighted by molar-refractivity contribution is -0.394. The third kappa shape index (κ3) is 11.6. The van der Waals surface area contributed by atoms with E-state index in [1.807, 2.05) is 13.8 Å². The van der Waals surface area contributed by atoms with Gasteiger partial charge in [0.15, 0.2) is 37.2 Å². The van der Waals surface area contributed by atoms with Crippen molar-refractivity contribution in [1.29, 1.82) is 0 Å². The standard InChI is InChI=1S/C58H96O27/c1-22(21-75-50-42(68)40(66)37(63)32(19-59)80-50)11-16-57(74-8)26(5)58(73)34(85-57)18-31-29-10-9-27-17-28(12-14-55(27,6)30(29)13-15-56(31,58)7)79-54-49(84-52-44(70)39(65)36(62)24(3)77-52)46(72)48(33(20-60)81-54)83-53-45(71)41(67)47(25(4)78-53)82-51-43(69)38(64)35(61)23(2)76-51/h9,22-26,28-54,59-73H,10-21H2,1-8H3/t22?,23-,24-,25-,26+,28-,29+,30-,31-,32+,33+,34-,35-,36-,37+,38+,39+,40-,41-,42+,43+,44+,45+,46-,47-,48+,49+,50+,51-,52-,53-,54+,55-,56-,57+,58+/m0/s1. The van der Waals surface area contributed by atoms with Gasteiger partial charge >= 0.3 is 0 Å². The van der Waals surface area contributed by atoms with E-state index < -0.39 is 202 Å². The van der Waals surface area contributed by atoms with Gasteiger partial charge in [0.05, 0.1) is 50.3 Å². The van der Waals surface area contributed by atoms with Crippen molar-refractivity contribution in [3.8, 4) is 0 Å². The molecule has 4 aliphatic carbocycles. The molecule has 0 amide bonds. The van der Waals surface area contributed by atoms with E-state index in [-0.39, 0.29) is 35.7 Å². The second kappa shape index (κ2) is 25.6. The molecule has 0 aromatic carbocycles. The van der Waals surface area contributed by atoms with Crippen LogP contribution in [0.1, 0.15) is 106 Å². The maximum Gasteiger partial charge on any atom is 0.187 e. The maximum atomic E-state index is 13.2. The van der Waals surface area contributed by atoms with Crippen LogP contribution in [0.3, 0.4) is 0 Å². The van der Waals surface area contributed by atoms with E-state index in [9.17, 15) is 76.6 Å². The highest BCUT2D eigenvalue weighted by atomic mass is 16.8. The van der Waals surface area contributed by atoms with Crippen LogP contribution in [0.5, 0.6) is 0 Å². The summed E-state index contributed by atoms with van der Waals surface area (Å²) in [5, 5.41) is 163. The Hall–Kier alpha value is -1.34. The Morgan fingerprint density at radius 3 is 1.74 bits per heavy atom. The van der Waals surface area contributed by atoms with Crippen LogP contribution < -0.4 is 0 Å². The van der Waals surface area contributed by atoms with Gasteiger partial charge in [0.2, 0.25) is 0 Å². The summed E-state index contributed by atoms with van der Waals surface area (Å²) in [5.41, 5.74) is -0.788. The highest BCUT2D eigenvalue weighted by molar-refractivity contribution is 5.29. The van der Waals surface area contributed by atoms with Crippen molar-refractivity contribution in [3.05, 3.63) is 11.6 Å². The lowest BCUT2D eigenvalue weighted by Crippen LogP contribution is -2.67. The normalized spacial score (nSPS) is 55.7. The van der Waals surface area contributed by atoms with Crippen molar-refractivity contribution >= 4 is 0 Å². The average Bonchev–Trinajstić information content (AvgIpc) is 1.54. The van der Waals surface area contributed by atoms with Crippen molar-refractivity contribution in [2.75, 3.05) is 26.9 Å². The van der Waals surface area contributed by atoms with Gasteiger partial charge in [-0.25, -0.2) is 0 Å². The van der Waals surface area contributed by atoms with Gasteiger partial charge in [-0.15, -0.1) is 0 Å². The molecule has 1 unspecified atom stereocenters. The predicted octanol–water partition coefficient (Wildman–Crippen LogP) is -3.36. The van der Waals surface area contributed by atoms with Crippen molar-refractivity contribution in [3.63, 3.8) is 0 Å². The molecule has 490 valence electrons. The number of rotatable bonds is 17. The number of aliphatic hydroxyl groups excluding tert-OH is 14. The average molecular weight is 1230 g/mol. The summed E-state index contributed by atoms with van der Waals surface area (Å²) in [4.78, 5) is 0. The maximum absolute atomic E-state index is 13.2. The molecule has 15 N–H and O–H groups in total. The number of aliphatic hydroxyl groups is 15. The van der Waals surface area contributed by atoms with Crippen LogP contribution in [0.15, 0.2) is 11.6 Å². The second-order valence-corrected chi connectivity index (χ2v) is 26.9. The summed E-state index contributed by atoms with van der Waals surface area (Å²) in [6.45, 7) is 11.7. The van der Waals surface area contributed by atoms with Gasteiger partial charge in [-0.05, 0) is 101 Å². The van der Waals surface area contributed by atoms with Crippen LogP contribution in [0.25, 0.3) is 0 Å². The van der Waals surface area contributed by atoms with Crippen LogP contribution in [0, 0.1) is 40.4 Å². The summed E-state index contributed by atoms with van der Waals surface area (Å²) in [7, 11) is 1.60. The topological polar surface area (TPSA) is 414 Å². The van der Waals surface area contributed by atoms with Gasteiger partial charge < -0.3 is 133 Å². The molecule has 3 saturated carbocycles. The molecular weight excluding hydrogens is 1130 g/mol. The third-order valence-electron chi connectivity index (χ3n) is 22.1. The summed E-state index contributed by atoms with van der Waals surface area (Å²) in [6.07, 6.45) is -30.6. The van der Waals surface area contributed by atoms with E-state index in [4.69, 9.17) is 56.8 Å². The Bertz CT molecular complexity index is 2270. The van der Waals surface area contributed by atoms with Crippen molar-refractivity contribution < 1.29 is 133 Å². The fourth-order valence-corrected chi connectivity index (χ4v) is 16.6. The van der Waals surface area contributed by atoms with Crippen molar-refractivity contribution in [2.45, 2.75) is 283 Å². The molecule has 0 aromatic rings. The molecule has 6 saturated heterocycles. The monoisotopic (exact) mass is 1220 g/mol. The van der Waals surface area contributed by atoms with Gasteiger partial charge in [-0.2, -0.15) is 0 Å². The zero-order valence-corrected chi connectivity index (χ0v) is 49.6. The number of hydrogen-bond donors (Lipinski definition) is 15. The number of methoxy groups -OCH3 is 1. The molecular formula is C58H96O27. The quantitative estimate of drug-likeness (QED) is 0.0633. The van der Waals surface area contributed by atoms with Crippen LogP contribution in [-0.2, 0) is 56.8 Å². The van der Waals surface area contributed by atoms with Crippen LogP contribution in [-0.4, -0.2) is 281 Å². The van der Waals surface area contributed by atoms with Crippen LogP contribution in [0.2, 0.25) is 0 Å². The second-order valence-electron chi connectivity index (χ2n) is 26.9. The Morgan fingerprint density at radius 1 is 0.576 bits per heavy atom. The number of hydrogen-bond acceptors (Lipinski definition) is 27. The van der Waals surface area contributed by atoms with Crippen molar-refractivity contribution in [2.24, 2.45) is 40.4 Å². The summed E-state index contributed by atoms with van der Waals surface area (Å²) in [5.74, 6) is -1.02. The number of ether oxygens (including phenoxy) is 12. The van der Waals surface area contributed by atoms with Gasteiger partial charge in [0.1, 0.15) is 109 Å². The molecule has 27 nitrogen and oxygen atoms in total. The van der Waals surface area contributed by atoms with Gasteiger partial charge in [0.25, 0.3) is 0 Å². The van der Waals surface area contributed by atoms with Gasteiger partial charge in [0, 0.05) is 24.9 Å². The minimum atomic E-state index is -1.89. The number of allylic oxidation sites excluding steroid dienone is 1. The zero-order valence-electron chi connectivity index (χ0n) is 49.6. The van der Waals surface area contributed by atoms with E-state index in [0.717, 1.165) is 19.3 Å². The molecule has 10 rings (SSSR count). The molecule has 0 spiro atoms. The van der Waals surface area contributed by atoms with E-state index in [2.05, 4.69) is 19.9 Å². The Morgan fingerprint density at radius 2 is 1.13 bits per heavy atom. The first-order valence-corrected chi connectivity index (χ1v) is 30.6. The lowest BCUT2D eigenvalue weighted by Gasteiger charge is -2.59. The summed E-state index contributed by atoms with van der Waals surface area (Å²) in [6, 6.07) is 0. The lowest BCUT2D eigenvalue weighted by atomic mass is 9.46. The molecule has 0 bridgehead atoms. The molecule has 6 heterocycles. The minimum Gasteiger partial charge on any atom is -0.394 e. The smallest absolute Gasteiger partial charge is 0.187 e. The Kier molecular flexibility index (Phi) is 20.1. The molecule has 10 aliphatic rings. The van der Waals surface area contributed by atoms with E-state index in [1.165, 1.54) is 26.3 Å². The molecule has 36 atom stereocenters. The fraction of sp³-hybridized carbons (Fsp3) is 0.966. The third-order valence-corrected chi connectivity index (χ3v) is 22.1. The van der Waals surface area contributed by atoms with Crippen molar-refractivity contribution in [1.82, 2.24) is 0 Å². The molecule has 6 aliphatic heterocycles. The molecule has 0 aromatic heterocycles. The van der Waals surface area contributed by atoms with E-state index >= 15 is 0 Å². The first-order valence-electron chi connectivity index (χ1n) is 30.6. The molecule has 9 fully saturated rings. The SMILES string of the molecule is CO[C@]1(CCC(C)CO[C@@H]2O[C@H](CO)[C@@H](O)[C@H](O)[C@H]2O)O[C@H]2C[C@H]3[C@@H]4CC=C5C[C@@H](O[C@@H]6O[C@H](CO)[C@@H](O[C@@H]7O[C@@H](C)[C@H](O[C@@H]8O[C@@H](C)[C@H](O)[C@@H](O)[C@H]8O)[C@@H](O)[C@H]7O)[C@H](O)[C@H]6O[C@@H]6O[C@@H](C)[C@H](O)[C@@H](O)[C@H]6O)CC[C@]5(C)[C@H]4CC[C@]3(C)[C@@]2(O)[C@@H]1C. The molecule has 0 radical (unpaired) electrons. The van der Waals surface area contributed by atoms with E-state index in [1.54, 1.807) is 7.11 Å².